The number of aryl methyl sites for hydroxylation is 1. The van der Waals surface area contributed by atoms with E-state index in [0.29, 0.717) is 22.9 Å². The fourth-order valence-corrected chi connectivity index (χ4v) is 2.52. The minimum absolute atomic E-state index is 0. The number of nitrogens with zero attached hydrogens (tertiary/aromatic N) is 1. The summed E-state index contributed by atoms with van der Waals surface area (Å²) < 4.78 is 26.9. The van der Waals surface area contributed by atoms with E-state index in [0.717, 1.165) is 11.1 Å². The van der Waals surface area contributed by atoms with Gasteiger partial charge in [-0.1, -0.05) is 24.3 Å². The van der Waals surface area contributed by atoms with E-state index >= 15 is 0 Å². The molecule has 1 aromatic heterocycles. The van der Waals surface area contributed by atoms with Crippen LogP contribution >= 0.6 is 0 Å². The summed E-state index contributed by atoms with van der Waals surface area (Å²) in [7, 11) is 0. The molecule has 0 unspecified atom stereocenters. The molecule has 3 rings (SSSR count). The first kappa shape index (κ1) is 17.7. The largest absolute Gasteiger partial charge is 0.298 e. The fraction of sp³-hybridized carbons (Fsp3) is 0.158. The normalized spacial score (nSPS) is 10.6. The van der Waals surface area contributed by atoms with Gasteiger partial charge in [0.25, 0.3) is 0 Å². The molecule has 119 valence electrons. The molecule has 0 saturated carbocycles. The van der Waals surface area contributed by atoms with Crippen molar-refractivity contribution in [3.8, 4) is 11.3 Å². The number of fused-ring (bicyclic) bond motifs is 1. The summed E-state index contributed by atoms with van der Waals surface area (Å²) in [5, 5.41) is 1.18. The average Bonchev–Trinajstić information content (AvgIpc) is 2.56. The van der Waals surface area contributed by atoms with Crippen LogP contribution in [0.4, 0.5) is 8.78 Å². The van der Waals surface area contributed by atoms with Crippen LogP contribution in [0.3, 0.4) is 0 Å². The van der Waals surface area contributed by atoms with E-state index in [2.05, 4.69) is 11.1 Å². The molecule has 4 heteroatoms. The number of benzene rings is 2. The average molecular weight is 487 g/mol. The van der Waals surface area contributed by atoms with Gasteiger partial charge in [0, 0.05) is 25.5 Å². The van der Waals surface area contributed by atoms with Gasteiger partial charge >= 0.3 is 0 Å². The van der Waals surface area contributed by atoms with Crippen LogP contribution in [0.15, 0.2) is 42.5 Å². The maximum Gasteiger partial charge on any atom is 0.150 e. The third-order valence-corrected chi connectivity index (χ3v) is 3.59. The van der Waals surface area contributed by atoms with E-state index in [9.17, 15) is 8.78 Å². The van der Waals surface area contributed by atoms with Crippen molar-refractivity contribution < 1.29 is 28.9 Å². The molecule has 23 heavy (non-hydrogen) atoms. The Morgan fingerprint density at radius 3 is 2.48 bits per heavy atom. The van der Waals surface area contributed by atoms with Crippen LogP contribution in [-0.2, 0) is 32.9 Å². The van der Waals surface area contributed by atoms with Gasteiger partial charge in [-0.25, -0.2) is 4.39 Å². The minimum Gasteiger partial charge on any atom is -0.298 e. The van der Waals surface area contributed by atoms with Crippen LogP contribution < -0.4 is 0 Å². The quantitative estimate of drug-likeness (QED) is 0.491. The second kappa shape index (κ2) is 7.76. The molecule has 0 bridgehead atoms. The topological polar surface area (TPSA) is 12.9 Å². The third kappa shape index (κ3) is 3.49. The van der Waals surface area contributed by atoms with Crippen molar-refractivity contribution in [1.82, 2.24) is 4.98 Å². The summed E-state index contributed by atoms with van der Waals surface area (Å²) in [6, 6.07) is 15.8. The van der Waals surface area contributed by atoms with Gasteiger partial charge in [-0.3, -0.25) is 9.37 Å². The monoisotopic (exact) mass is 487 g/mol. The number of alkyl halides is 1. The minimum atomic E-state index is -0.439. The van der Waals surface area contributed by atoms with Gasteiger partial charge in [0.2, 0.25) is 0 Å². The third-order valence-electron chi connectivity index (χ3n) is 3.59. The van der Waals surface area contributed by atoms with Crippen LogP contribution in [0.5, 0.6) is 0 Å². The molecule has 3 aromatic rings. The van der Waals surface area contributed by atoms with Crippen LogP contribution in [-0.4, -0.2) is 11.7 Å². The second-order valence-corrected chi connectivity index (χ2v) is 5.00. The van der Waals surface area contributed by atoms with Gasteiger partial charge in [0.15, 0.2) is 5.82 Å². The van der Waals surface area contributed by atoms with E-state index in [1.165, 1.54) is 0 Å². The first-order valence-electron chi connectivity index (χ1n) is 7.09. The van der Waals surface area contributed by atoms with E-state index in [-0.39, 0.29) is 38.0 Å². The molecule has 2 aromatic carbocycles. The van der Waals surface area contributed by atoms with Crippen molar-refractivity contribution in [3.63, 3.8) is 0 Å². The zero-order valence-electron chi connectivity index (χ0n) is 12.3. The van der Waals surface area contributed by atoms with Gasteiger partial charge in [0.1, 0.15) is 0 Å². The molecule has 0 aliphatic heterocycles. The Morgan fingerprint density at radius 1 is 1.04 bits per heavy atom. The smallest absolute Gasteiger partial charge is 0.150 e. The number of rotatable bonds is 4. The molecular weight excluding hydrogens is 472 g/mol. The summed E-state index contributed by atoms with van der Waals surface area (Å²) in [4.78, 5) is 4.37. The summed E-state index contributed by atoms with van der Waals surface area (Å²) in [6.07, 6.45) is 0.324. The molecule has 0 aliphatic rings. The maximum atomic E-state index is 14.4. The van der Waals surface area contributed by atoms with Gasteiger partial charge in [-0.05, 0) is 30.8 Å². The fourth-order valence-electron chi connectivity index (χ4n) is 2.52. The molecule has 0 fully saturated rings. The molecule has 0 aliphatic carbocycles. The predicted molar refractivity (Wildman–Crippen MR) is 83.7 cm³/mol. The van der Waals surface area contributed by atoms with Gasteiger partial charge in [0.05, 0.1) is 12.4 Å². The van der Waals surface area contributed by atoms with E-state index in [1.54, 1.807) is 12.1 Å². The zero-order chi connectivity index (χ0) is 15.5. The standard InChI is InChI=1S/C19H14F2N.Ir/c1-2-17-18(21)15-8-3-4-9-16(15)19(22-17)14-7-5-6-13(12-14)10-11-20;/h1,3-9H,2,10-11H2;/q-1;. The Hall–Kier alpha value is -1.64. The first-order valence-corrected chi connectivity index (χ1v) is 7.09. The number of halogens is 2. The summed E-state index contributed by atoms with van der Waals surface area (Å²) in [5.74, 6) is -0.387. The Bertz CT molecular complexity index is 818. The Labute approximate surface area is 148 Å². The van der Waals surface area contributed by atoms with E-state index in [4.69, 9.17) is 6.92 Å². The van der Waals surface area contributed by atoms with Crippen LogP contribution in [0.25, 0.3) is 22.0 Å². The van der Waals surface area contributed by atoms with Crippen LogP contribution in [0, 0.1) is 18.8 Å². The molecule has 0 atom stereocenters. The SMILES string of the molecule is [CH]Cc1nc(-c2[c-]c(CCF)ccc2)c2ccccc2c1F.[Ir]. The van der Waals surface area contributed by atoms with Crippen molar-refractivity contribution >= 4 is 10.8 Å². The van der Waals surface area contributed by atoms with Gasteiger partial charge in [-0.15, -0.1) is 35.4 Å². The molecule has 0 amide bonds. The number of aromatic nitrogens is 1. The Morgan fingerprint density at radius 2 is 1.78 bits per heavy atom. The Balaban J connectivity index is 0.00000192. The molecule has 0 N–H and O–H groups in total. The summed E-state index contributed by atoms with van der Waals surface area (Å²) >= 11 is 0. The molecule has 1 nitrogen and oxygen atoms in total. The molecule has 1 heterocycles. The van der Waals surface area contributed by atoms with Crippen molar-refractivity contribution in [1.29, 1.82) is 0 Å². The number of pyridine rings is 1. The zero-order valence-corrected chi connectivity index (χ0v) is 14.7. The number of hydrogen-bond acceptors (Lipinski definition) is 1. The van der Waals surface area contributed by atoms with Gasteiger partial charge < -0.3 is 0 Å². The van der Waals surface area contributed by atoms with Crippen molar-refractivity contribution in [2.75, 3.05) is 6.67 Å². The van der Waals surface area contributed by atoms with Crippen molar-refractivity contribution in [2.45, 2.75) is 12.8 Å². The van der Waals surface area contributed by atoms with Crippen LogP contribution in [0.1, 0.15) is 11.3 Å². The van der Waals surface area contributed by atoms with Crippen molar-refractivity contribution in [2.24, 2.45) is 0 Å². The van der Waals surface area contributed by atoms with E-state index in [1.807, 2.05) is 30.3 Å². The summed E-state index contributed by atoms with van der Waals surface area (Å²) in [6.45, 7) is 5.17. The van der Waals surface area contributed by atoms with E-state index < -0.39 is 6.67 Å². The molecular formula is C19H14F2IrN-. The predicted octanol–water partition coefficient (Wildman–Crippen LogP) is 4.60. The van der Waals surface area contributed by atoms with Crippen LogP contribution in [0.2, 0.25) is 0 Å². The second-order valence-electron chi connectivity index (χ2n) is 5.00. The summed E-state index contributed by atoms with van der Waals surface area (Å²) in [5.41, 5.74) is 2.33. The number of hydrogen-bond donors (Lipinski definition) is 0. The molecule has 0 saturated heterocycles. The maximum absolute atomic E-state index is 14.4. The van der Waals surface area contributed by atoms with Crippen molar-refractivity contribution in [3.05, 3.63) is 72.5 Å². The molecule has 3 radical (unpaired) electrons. The molecule has 0 spiro atoms. The van der Waals surface area contributed by atoms with Gasteiger partial charge in [-0.2, -0.15) is 0 Å². The first-order chi connectivity index (χ1) is 10.7. The Kier molecular flexibility index (Phi) is 5.97.